The molecule has 0 saturated carbocycles. The summed E-state index contributed by atoms with van der Waals surface area (Å²) in [6.07, 6.45) is 4.21. The monoisotopic (exact) mass is 261 g/mol. The number of nitrogens with zero attached hydrogens (tertiary/aromatic N) is 1. The van der Waals surface area contributed by atoms with Gasteiger partial charge < -0.3 is 0 Å². The zero-order valence-corrected chi connectivity index (χ0v) is 11.6. The molecule has 1 heterocycles. The van der Waals surface area contributed by atoms with Crippen molar-refractivity contribution in [2.75, 3.05) is 6.54 Å². The van der Waals surface area contributed by atoms with E-state index in [4.69, 9.17) is 5.84 Å². The molecule has 1 aliphatic heterocycles. The fourth-order valence-corrected chi connectivity index (χ4v) is 2.80. The molecule has 0 bridgehead atoms. The molecule has 19 heavy (non-hydrogen) atoms. The van der Waals surface area contributed by atoms with Crippen molar-refractivity contribution in [3.8, 4) is 0 Å². The second kappa shape index (κ2) is 6.68. The lowest BCUT2D eigenvalue weighted by molar-refractivity contribution is -0.120. The average molecular weight is 261 g/mol. The highest BCUT2D eigenvalue weighted by Crippen LogP contribution is 2.22. The molecule has 1 aliphatic rings. The summed E-state index contributed by atoms with van der Waals surface area (Å²) in [5.41, 5.74) is 4.47. The van der Waals surface area contributed by atoms with Crippen molar-refractivity contribution in [2.45, 2.75) is 45.2 Å². The molecule has 1 unspecified atom stereocenters. The van der Waals surface area contributed by atoms with E-state index in [1.165, 1.54) is 31.4 Å². The minimum atomic E-state index is -0.154. The number of amides is 1. The van der Waals surface area contributed by atoms with Crippen LogP contribution in [-0.4, -0.2) is 23.4 Å². The molecule has 3 N–H and O–H groups in total. The highest BCUT2D eigenvalue weighted by molar-refractivity contribution is 5.77. The van der Waals surface area contributed by atoms with E-state index in [-0.39, 0.29) is 5.91 Å². The molecule has 2 rings (SSSR count). The highest BCUT2D eigenvalue weighted by atomic mass is 16.2. The van der Waals surface area contributed by atoms with Crippen molar-refractivity contribution in [3.63, 3.8) is 0 Å². The van der Waals surface area contributed by atoms with Gasteiger partial charge in [-0.1, -0.05) is 31.2 Å². The molecular formula is C15H23N3O. The van der Waals surface area contributed by atoms with Crippen LogP contribution < -0.4 is 11.3 Å². The van der Waals surface area contributed by atoms with Crippen LogP contribution in [0.4, 0.5) is 0 Å². The number of benzene rings is 1. The number of nitrogens with one attached hydrogen (secondary N) is 1. The van der Waals surface area contributed by atoms with E-state index in [9.17, 15) is 4.79 Å². The van der Waals surface area contributed by atoms with Crippen LogP contribution in [0, 0.1) is 0 Å². The molecule has 1 fully saturated rings. The number of hydrogen-bond acceptors (Lipinski definition) is 3. The molecule has 104 valence electrons. The van der Waals surface area contributed by atoms with Gasteiger partial charge in [-0.25, -0.2) is 5.84 Å². The topological polar surface area (TPSA) is 58.4 Å². The maximum Gasteiger partial charge on any atom is 0.238 e. The third-order valence-corrected chi connectivity index (χ3v) is 3.90. The summed E-state index contributed by atoms with van der Waals surface area (Å²) in [7, 11) is 0. The van der Waals surface area contributed by atoms with Gasteiger partial charge in [-0.15, -0.1) is 0 Å². The fraction of sp³-hybridized carbons (Fsp3) is 0.533. The molecule has 0 aromatic heterocycles. The van der Waals surface area contributed by atoms with E-state index in [0.29, 0.717) is 6.42 Å². The number of hydrazine groups is 1. The Morgan fingerprint density at radius 1 is 1.37 bits per heavy atom. The lowest BCUT2D eigenvalue weighted by Gasteiger charge is -2.23. The second-order valence-corrected chi connectivity index (χ2v) is 5.24. The first-order valence-corrected chi connectivity index (χ1v) is 7.04. The van der Waals surface area contributed by atoms with Crippen LogP contribution in [0.2, 0.25) is 0 Å². The van der Waals surface area contributed by atoms with Crippen molar-refractivity contribution in [1.82, 2.24) is 10.3 Å². The molecule has 1 aromatic rings. The minimum Gasteiger partial charge on any atom is -0.296 e. The lowest BCUT2D eigenvalue weighted by Crippen LogP contribution is -2.31. The van der Waals surface area contributed by atoms with Crippen LogP contribution in [0.25, 0.3) is 0 Å². The van der Waals surface area contributed by atoms with Gasteiger partial charge in [0.15, 0.2) is 0 Å². The molecule has 0 spiro atoms. The first-order chi connectivity index (χ1) is 9.22. The lowest BCUT2D eigenvalue weighted by atomic mass is 10.1. The summed E-state index contributed by atoms with van der Waals surface area (Å²) in [6, 6.07) is 9.00. The Morgan fingerprint density at radius 2 is 2.05 bits per heavy atom. The van der Waals surface area contributed by atoms with E-state index >= 15 is 0 Å². The van der Waals surface area contributed by atoms with E-state index in [1.54, 1.807) is 0 Å². The zero-order valence-electron chi connectivity index (χ0n) is 11.6. The van der Waals surface area contributed by atoms with Gasteiger partial charge in [-0.05, 0) is 36.9 Å². The fourth-order valence-electron chi connectivity index (χ4n) is 2.80. The highest BCUT2D eigenvalue weighted by Gasteiger charge is 2.22. The Bertz CT molecular complexity index is 416. The van der Waals surface area contributed by atoms with E-state index < -0.39 is 0 Å². The van der Waals surface area contributed by atoms with Gasteiger partial charge in [0.1, 0.15) is 0 Å². The quantitative estimate of drug-likeness (QED) is 0.481. The summed E-state index contributed by atoms with van der Waals surface area (Å²) in [6.45, 7) is 4.48. The van der Waals surface area contributed by atoms with E-state index in [1.807, 2.05) is 12.1 Å². The van der Waals surface area contributed by atoms with Gasteiger partial charge in [-0.3, -0.25) is 15.1 Å². The number of nitrogens with two attached hydrogens (primary N) is 1. The number of likely N-dealkylation sites (tertiary alicyclic amines) is 1. The van der Waals surface area contributed by atoms with Crippen LogP contribution in [0.1, 0.15) is 37.3 Å². The molecule has 1 atom stereocenters. The summed E-state index contributed by atoms with van der Waals surface area (Å²) in [5.74, 6) is 4.93. The third-order valence-electron chi connectivity index (χ3n) is 3.90. The van der Waals surface area contributed by atoms with Gasteiger partial charge in [0.2, 0.25) is 5.91 Å². The predicted octanol–water partition coefficient (Wildman–Crippen LogP) is 1.59. The van der Waals surface area contributed by atoms with Crippen molar-refractivity contribution in [3.05, 3.63) is 35.4 Å². The van der Waals surface area contributed by atoms with Crippen molar-refractivity contribution >= 4 is 5.91 Å². The Morgan fingerprint density at radius 3 is 2.68 bits per heavy atom. The summed E-state index contributed by atoms with van der Waals surface area (Å²) < 4.78 is 0. The van der Waals surface area contributed by atoms with Gasteiger partial charge in [0.25, 0.3) is 0 Å². The number of carbonyl (C=O) groups is 1. The van der Waals surface area contributed by atoms with Crippen LogP contribution in [0.15, 0.2) is 24.3 Å². The normalized spacial score (nSPS) is 19.6. The number of rotatable bonds is 5. The molecular weight excluding hydrogens is 238 g/mol. The Kier molecular flexibility index (Phi) is 4.93. The van der Waals surface area contributed by atoms with E-state index in [0.717, 1.165) is 18.2 Å². The molecule has 1 aromatic carbocycles. The minimum absolute atomic E-state index is 0.154. The van der Waals surface area contributed by atoms with E-state index in [2.05, 4.69) is 29.4 Å². The molecule has 1 saturated heterocycles. The zero-order chi connectivity index (χ0) is 13.7. The SMILES string of the molecule is CCC1CCCN1Cc1ccc(CC(=O)NN)cc1. The first-order valence-electron chi connectivity index (χ1n) is 7.04. The molecule has 1 amide bonds. The van der Waals surface area contributed by atoms with Crippen molar-refractivity contribution in [1.29, 1.82) is 0 Å². The van der Waals surface area contributed by atoms with Crippen LogP contribution in [0.5, 0.6) is 0 Å². The van der Waals surface area contributed by atoms with Crippen LogP contribution in [-0.2, 0) is 17.8 Å². The Labute approximate surface area is 114 Å². The maximum absolute atomic E-state index is 11.2. The smallest absolute Gasteiger partial charge is 0.238 e. The molecule has 4 nitrogen and oxygen atoms in total. The molecule has 0 aliphatic carbocycles. The Hall–Kier alpha value is -1.39. The Balaban J connectivity index is 1.93. The molecule has 4 heteroatoms. The van der Waals surface area contributed by atoms with Gasteiger partial charge in [0.05, 0.1) is 6.42 Å². The van der Waals surface area contributed by atoms with Gasteiger partial charge >= 0.3 is 0 Å². The van der Waals surface area contributed by atoms with Crippen LogP contribution in [0.3, 0.4) is 0 Å². The standard InChI is InChI=1S/C15H23N3O/c1-2-14-4-3-9-18(14)11-13-7-5-12(6-8-13)10-15(19)17-16/h5-8,14H,2-4,9-11,16H2,1H3,(H,17,19). The summed E-state index contributed by atoms with van der Waals surface area (Å²) in [4.78, 5) is 13.7. The molecule has 0 radical (unpaired) electrons. The van der Waals surface area contributed by atoms with Crippen molar-refractivity contribution < 1.29 is 4.79 Å². The second-order valence-electron chi connectivity index (χ2n) is 5.24. The maximum atomic E-state index is 11.2. The van der Waals surface area contributed by atoms with Crippen LogP contribution >= 0.6 is 0 Å². The van der Waals surface area contributed by atoms with Gasteiger partial charge in [0, 0.05) is 12.6 Å². The van der Waals surface area contributed by atoms with Gasteiger partial charge in [-0.2, -0.15) is 0 Å². The number of hydrogen-bond donors (Lipinski definition) is 2. The van der Waals surface area contributed by atoms with Crippen molar-refractivity contribution in [2.24, 2.45) is 5.84 Å². The average Bonchev–Trinajstić information content (AvgIpc) is 2.88. The summed E-state index contributed by atoms with van der Waals surface area (Å²) >= 11 is 0. The third kappa shape index (κ3) is 3.78. The number of carbonyl (C=O) groups excluding carboxylic acids is 1. The predicted molar refractivity (Wildman–Crippen MR) is 76.2 cm³/mol. The summed E-state index contributed by atoms with van der Waals surface area (Å²) in [5, 5.41) is 0. The first kappa shape index (κ1) is 14.0. The largest absolute Gasteiger partial charge is 0.296 e.